The van der Waals surface area contributed by atoms with Crippen molar-refractivity contribution >= 4 is 6.21 Å². The first kappa shape index (κ1) is 26.3. The summed E-state index contributed by atoms with van der Waals surface area (Å²) in [6.07, 6.45) is 1.72. The van der Waals surface area contributed by atoms with Crippen molar-refractivity contribution in [2.45, 2.75) is 40.8 Å². The van der Waals surface area contributed by atoms with E-state index in [2.05, 4.69) is 22.5 Å². The van der Waals surface area contributed by atoms with Crippen LogP contribution < -0.4 is 10.6 Å². The Morgan fingerprint density at radius 2 is 1.43 bits per heavy atom. The molecule has 0 aromatic heterocycles. The highest BCUT2D eigenvalue weighted by atomic mass is 16.3. The van der Waals surface area contributed by atoms with Gasteiger partial charge in [-0.2, -0.15) is 0 Å². The van der Waals surface area contributed by atoms with Crippen molar-refractivity contribution < 1.29 is 15.3 Å². The number of phenols is 3. The monoisotopic (exact) mass is 475 g/mol. The molecule has 3 aromatic rings. The summed E-state index contributed by atoms with van der Waals surface area (Å²) in [5.74, 6) is 0.854. The summed E-state index contributed by atoms with van der Waals surface area (Å²) in [6.45, 7) is 10.8. The molecule has 1 unspecified atom stereocenters. The Bertz CT molecular complexity index is 1170. The van der Waals surface area contributed by atoms with Gasteiger partial charge in [-0.25, -0.2) is 0 Å². The zero-order valence-corrected chi connectivity index (χ0v) is 21.1. The van der Waals surface area contributed by atoms with Gasteiger partial charge in [-0.3, -0.25) is 4.99 Å². The lowest BCUT2D eigenvalue weighted by Gasteiger charge is -2.29. The standard InChI is InChI=1S/C29H37N3O3/c1-20-11-12-26(33)25(13-20)16-32-19-29(4,17-30-14-23-9-5-7-21(2)27(23)34)18-31-15-24-10-6-8-22(3)28(24)35/h5-14,31-35H,15-19H2,1-4H3. The third-order valence-corrected chi connectivity index (χ3v) is 6.26. The number of nitrogens with one attached hydrogen (secondary N) is 2. The number of hydrogen-bond donors (Lipinski definition) is 5. The molecule has 0 aliphatic rings. The van der Waals surface area contributed by atoms with E-state index in [1.807, 2.05) is 69.3 Å². The van der Waals surface area contributed by atoms with Crippen molar-refractivity contribution in [3.63, 3.8) is 0 Å². The molecule has 0 fully saturated rings. The van der Waals surface area contributed by atoms with Crippen molar-refractivity contribution in [2.24, 2.45) is 10.4 Å². The Hall–Kier alpha value is -3.35. The molecule has 0 aliphatic carbocycles. The predicted molar refractivity (Wildman–Crippen MR) is 143 cm³/mol. The van der Waals surface area contributed by atoms with E-state index in [-0.39, 0.29) is 16.9 Å². The number of benzene rings is 3. The van der Waals surface area contributed by atoms with Crippen LogP contribution in [0.4, 0.5) is 0 Å². The fourth-order valence-electron chi connectivity index (χ4n) is 4.04. The zero-order valence-electron chi connectivity index (χ0n) is 21.1. The van der Waals surface area contributed by atoms with E-state index in [1.54, 1.807) is 12.3 Å². The van der Waals surface area contributed by atoms with Crippen LogP contribution in [0.2, 0.25) is 0 Å². The molecule has 0 radical (unpaired) electrons. The summed E-state index contributed by atoms with van der Waals surface area (Å²) in [5.41, 5.74) is 4.93. The van der Waals surface area contributed by atoms with E-state index in [0.717, 1.165) is 27.8 Å². The van der Waals surface area contributed by atoms with Crippen LogP contribution in [0.5, 0.6) is 17.2 Å². The fourth-order valence-corrected chi connectivity index (χ4v) is 4.04. The Kier molecular flexibility index (Phi) is 8.90. The van der Waals surface area contributed by atoms with Crippen LogP contribution in [0, 0.1) is 26.2 Å². The SMILES string of the molecule is Cc1ccc(O)c(CNCC(C)(CN=Cc2cccc(C)c2O)CNCc2cccc(C)c2O)c1. The van der Waals surface area contributed by atoms with Gasteiger partial charge in [0.25, 0.3) is 0 Å². The van der Waals surface area contributed by atoms with Gasteiger partial charge in [0.05, 0.1) is 0 Å². The van der Waals surface area contributed by atoms with Crippen LogP contribution in [0.15, 0.2) is 59.6 Å². The lowest BCUT2D eigenvalue weighted by molar-refractivity contribution is 0.296. The molecular weight excluding hydrogens is 438 g/mol. The molecule has 0 bridgehead atoms. The minimum Gasteiger partial charge on any atom is -0.508 e. The highest BCUT2D eigenvalue weighted by Crippen LogP contribution is 2.23. The Labute approximate surface area is 208 Å². The maximum Gasteiger partial charge on any atom is 0.127 e. The molecule has 0 aliphatic heterocycles. The Balaban J connectivity index is 1.68. The molecule has 3 aromatic carbocycles. The van der Waals surface area contributed by atoms with Gasteiger partial charge in [0, 0.05) is 61.0 Å². The van der Waals surface area contributed by atoms with Gasteiger partial charge in [-0.1, -0.05) is 55.0 Å². The average Bonchev–Trinajstić information content (AvgIpc) is 2.82. The van der Waals surface area contributed by atoms with Gasteiger partial charge in [0.1, 0.15) is 17.2 Å². The zero-order chi connectivity index (χ0) is 25.4. The van der Waals surface area contributed by atoms with E-state index in [4.69, 9.17) is 0 Å². The second-order valence-electron chi connectivity index (χ2n) is 9.72. The van der Waals surface area contributed by atoms with Crippen LogP contribution >= 0.6 is 0 Å². The number of aryl methyl sites for hydroxylation is 3. The fraction of sp³-hybridized carbons (Fsp3) is 0.345. The smallest absolute Gasteiger partial charge is 0.127 e. The molecule has 6 heteroatoms. The summed E-state index contributed by atoms with van der Waals surface area (Å²) in [4.78, 5) is 4.67. The van der Waals surface area contributed by atoms with Gasteiger partial charge in [-0.15, -0.1) is 0 Å². The minimum atomic E-state index is -0.255. The molecule has 0 saturated carbocycles. The molecule has 186 valence electrons. The van der Waals surface area contributed by atoms with E-state index in [0.29, 0.717) is 44.0 Å². The van der Waals surface area contributed by atoms with Crippen molar-refractivity contribution in [3.05, 3.63) is 88.0 Å². The molecule has 1 atom stereocenters. The molecule has 0 amide bonds. The van der Waals surface area contributed by atoms with Crippen LogP contribution in [-0.2, 0) is 13.1 Å². The predicted octanol–water partition coefficient (Wildman–Crippen LogP) is 4.73. The maximum absolute atomic E-state index is 10.3. The third kappa shape index (κ3) is 7.31. The summed E-state index contributed by atoms with van der Waals surface area (Å²) >= 11 is 0. The summed E-state index contributed by atoms with van der Waals surface area (Å²) in [5, 5.41) is 37.8. The van der Waals surface area contributed by atoms with Crippen molar-refractivity contribution in [1.82, 2.24) is 10.6 Å². The normalized spacial score (nSPS) is 13.3. The Morgan fingerprint density at radius 1 is 0.800 bits per heavy atom. The van der Waals surface area contributed by atoms with Crippen LogP contribution in [0.25, 0.3) is 0 Å². The quantitative estimate of drug-likeness (QED) is 0.258. The van der Waals surface area contributed by atoms with Gasteiger partial charge in [-0.05, 0) is 44.0 Å². The molecule has 0 spiro atoms. The first-order chi connectivity index (χ1) is 16.7. The van der Waals surface area contributed by atoms with Crippen LogP contribution in [0.3, 0.4) is 0 Å². The van der Waals surface area contributed by atoms with E-state index in [1.165, 1.54) is 0 Å². The minimum absolute atomic E-state index is 0.249. The van der Waals surface area contributed by atoms with Gasteiger partial charge in [0.2, 0.25) is 0 Å². The molecule has 0 heterocycles. The lowest BCUT2D eigenvalue weighted by atomic mass is 9.90. The molecular formula is C29H37N3O3. The molecule has 3 rings (SSSR count). The topological polar surface area (TPSA) is 97.1 Å². The molecule has 5 N–H and O–H groups in total. The van der Waals surface area contributed by atoms with E-state index < -0.39 is 0 Å². The third-order valence-electron chi connectivity index (χ3n) is 6.26. The Morgan fingerprint density at radius 3 is 2.14 bits per heavy atom. The lowest BCUT2D eigenvalue weighted by Crippen LogP contribution is -2.42. The number of aromatic hydroxyl groups is 3. The summed E-state index contributed by atoms with van der Waals surface area (Å²) in [7, 11) is 0. The number of nitrogens with zero attached hydrogens (tertiary/aromatic N) is 1. The van der Waals surface area contributed by atoms with Crippen LogP contribution in [0.1, 0.15) is 40.3 Å². The largest absolute Gasteiger partial charge is 0.508 e. The van der Waals surface area contributed by atoms with Crippen molar-refractivity contribution in [2.75, 3.05) is 19.6 Å². The van der Waals surface area contributed by atoms with Gasteiger partial charge >= 0.3 is 0 Å². The van der Waals surface area contributed by atoms with Gasteiger partial charge < -0.3 is 26.0 Å². The maximum atomic E-state index is 10.3. The first-order valence-corrected chi connectivity index (χ1v) is 11.9. The number of rotatable bonds is 11. The van der Waals surface area contributed by atoms with Crippen LogP contribution in [-0.4, -0.2) is 41.2 Å². The molecule has 6 nitrogen and oxygen atoms in total. The average molecular weight is 476 g/mol. The highest BCUT2D eigenvalue weighted by Gasteiger charge is 2.24. The number of aliphatic imine (C=N–C) groups is 1. The summed E-state index contributed by atoms with van der Waals surface area (Å²) in [6, 6.07) is 17.0. The van der Waals surface area contributed by atoms with E-state index >= 15 is 0 Å². The number of para-hydroxylation sites is 2. The van der Waals surface area contributed by atoms with Gasteiger partial charge in [0.15, 0.2) is 0 Å². The second-order valence-corrected chi connectivity index (χ2v) is 9.72. The first-order valence-electron chi connectivity index (χ1n) is 11.9. The van der Waals surface area contributed by atoms with Crippen molar-refractivity contribution in [3.8, 4) is 17.2 Å². The number of hydrogen-bond acceptors (Lipinski definition) is 6. The van der Waals surface area contributed by atoms with Crippen molar-refractivity contribution in [1.29, 1.82) is 0 Å². The molecule has 0 saturated heterocycles. The molecule has 35 heavy (non-hydrogen) atoms. The summed E-state index contributed by atoms with van der Waals surface area (Å²) < 4.78 is 0. The number of phenolic OH excluding ortho intramolecular Hbond substituents is 3. The second kappa shape index (κ2) is 11.9. The highest BCUT2D eigenvalue weighted by molar-refractivity contribution is 5.84. The van der Waals surface area contributed by atoms with E-state index in [9.17, 15) is 15.3 Å².